The Kier molecular flexibility index (Phi) is 7.30. The van der Waals surface area contributed by atoms with Crippen molar-refractivity contribution >= 4 is 5.97 Å². The van der Waals surface area contributed by atoms with Gasteiger partial charge in [-0.15, -0.1) is 0 Å². The fraction of sp³-hybridized carbons (Fsp3) is 0.708. The molecule has 4 atom stereocenters. The molecule has 0 aromatic heterocycles. The van der Waals surface area contributed by atoms with Crippen molar-refractivity contribution in [3.63, 3.8) is 0 Å². The summed E-state index contributed by atoms with van der Waals surface area (Å²) < 4.78 is 17.1. The molecule has 2 aliphatic heterocycles. The van der Waals surface area contributed by atoms with Crippen LogP contribution in [0.25, 0.3) is 0 Å². The summed E-state index contributed by atoms with van der Waals surface area (Å²) in [6.45, 7) is 10.3. The molecule has 0 radical (unpaired) electrons. The molecular weight excluding hydrogens is 380 g/mol. The summed E-state index contributed by atoms with van der Waals surface area (Å²) in [6.07, 6.45) is 2.70. The highest BCUT2D eigenvalue weighted by molar-refractivity contribution is 5.76. The lowest BCUT2D eigenvalue weighted by Crippen LogP contribution is -2.51. The van der Waals surface area contributed by atoms with Gasteiger partial charge in [0.05, 0.1) is 14.2 Å². The number of carbonyl (C=O) groups is 1. The van der Waals surface area contributed by atoms with E-state index in [-0.39, 0.29) is 24.0 Å². The van der Waals surface area contributed by atoms with Gasteiger partial charge in [-0.1, -0.05) is 27.7 Å². The molecule has 0 spiro atoms. The molecule has 1 aromatic rings. The zero-order valence-corrected chi connectivity index (χ0v) is 19.3. The Bertz CT molecular complexity index is 749. The van der Waals surface area contributed by atoms with Gasteiger partial charge in [-0.2, -0.15) is 0 Å². The van der Waals surface area contributed by atoms with E-state index in [1.54, 1.807) is 14.2 Å². The molecule has 6 heteroatoms. The number of piperidine rings is 1. The number of benzene rings is 1. The first-order valence-corrected chi connectivity index (χ1v) is 11.2. The first-order valence-electron chi connectivity index (χ1n) is 11.2. The number of rotatable bonds is 7. The van der Waals surface area contributed by atoms with Crippen LogP contribution in [-0.2, 0) is 16.0 Å². The van der Waals surface area contributed by atoms with Crippen LogP contribution in [0.5, 0.6) is 11.5 Å². The number of esters is 1. The summed E-state index contributed by atoms with van der Waals surface area (Å²) in [4.78, 5) is 15.2. The third kappa shape index (κ3) is 4.75. The summed E-state index contributed by atoms with van der Waals surface area (Å²) >= 11 is 0. The Balaban J connectivity index is 1.88. The largest absolute Gasteiger partial charge is 0.493 e. The fourth-order valence-electron chi connectivity index (χ4n) is 4.88. The second-order valence-electron chi connectivity index (χ2n) is 9.54. The first kappa shape index (κ1) is 22.9. The van der Waals surface area contributed by atoms with Gasteiger partial charge in [0.25, 0.3) is 0 Å². The maximum atomic E-state index is 12.7. The van der Waals surface area contributed by atoms with E-state index in [1.807, 2.05) is 13.8 Å². The average Bonchev–Trinajstić information content (AvgIpc) is 2.71. The summed E-state index contributed by atoms with van der Waals surface area (Å²) in [5, 5.41) is 0. The van der Waals surface area contributed by atoms with Crippen molar-refractivity contribution in [1.82, 2.24) is 4.90 Å². The second-order valence-corrected chi connectivity index (χ2v) is 9.54. The number of hydrogen-bond acceptors (Lipinski definition) is 6. The number of fused-ring (bicyclic) bond motifs is 3. The van der Waals surface area contributed by atoms with Gasteiger partial charge in [-0.05, 0) is 47.9 Å². The van der Waals surface area contributed by atoms with E-state index in [0.29, 0.717) is 11.8 Å². The second kappa shape index (κ2) is 9.56. The minimum atomic E-state index is -0.578. The smallest absolute Gasteiger partial charge is 0.323 e. The van der Waals surface area contributed by atoms with E-state index in [9.17, 15) is 4.79 Å². The summed E-state index contributed by atoms with van der Waals surface area (Å²) in [7, 11) is 3.34. The van der Waals surface area contributed by atoms with Gasteiger partial charge in [0.2, 0.25) is 0 Å². The van der Waals surface area contributed by atoms with Gasteiger partial charge in [0.15, 0.2) is 11.5 Å². The van der Waals surface area contributed by atoms with Gasteiger partial charge in [-0.3, -0.25) is 9.69 Å². The van der Waals surface area contributed by atoms with Crippen molar-refractivity contribution in [1.29, 1.82) is 0 Å². The normalized spacial score (nSPS) is 24.9. The lowest BCUT2D eigenvalue weighted by molar-refractivity contribution is -0.160. The minimum Gasteiger partial charge on any atom is -0.493 e. The topological polar surface area (TPSA) is 74.0 Å². The molecule has 0 bridgehead atoms. The molecule has 1 aromatic carbocycles. The fourth-order valence-corrected chi connectivity index (χ4v) is 4.88. The lowest BCUT2D eigenvalue weighted by Gasteiger charge is -2.47. The summed E-state index contributed by atoms with van der Waals surface area (Å²) in [5.74, 6) is 2.18. The van der Waals surface area contributed by atoms with Crippen LogP contribution in [-0.4, -0.2) is 50.3 Å². The zero-order chi connectivity index (χ0) is 22.0. The van der Waals surface area contributed by atoms with E-state index in [1.165, 1.54) is 11.1 Å². The molecular formula is C24H38N2O4. The van der Waals surface area contributed by atoms with Crippen LogP contribution < -0.4 is 15.2 Å². The summed E-state index contributed by atoms with van der Waals surface area (Å²) in [6, 6.07) is 3.84. The van der Waals surface area contributed by atoms with Crippen molar-refractivity contribution in [3.05, 3.63) is 23.3 Å². The van der Waals surface area contributed by atoms with Crippen LogP contribution in [0.15, 0.2) is 12.1 Å². The van der Waals surface area contributed by atoms with Crippen LogP contribution >= 0.6 is 0 Å². The first-order chi connectivity index (χ1) is 14.2. The maximum Gasteiger partial charge on any atom is 0.323 e. The monoisotopic (exact) mass is 418 g/mol. The number of nitrogens with zero attached hydrogens (tertiary/aromatic N) is 1. The SMILES string of the molecule is COc1cc2c(cc1OC)[C@H]1C[C@@H](OC(=O)[C@@H](N)C(C)C)[C@@H](CC(C)C)CN1CC2. The third-order valence-corrected chi connectivity index (χ3v) is 6.60. The van der Waals surface area contributed by atoms with E-state index >= 15 is 0 Å². The Morgan fingerprint density at radius 2 is 1.83 bits per heavy atom. The summed E-state index contributed by atoms with van der Waals surface area (Å²) in [5.41, 5.74) is 8.64. The number of methoxy groups -OCH3 is 2. The van der Waals surface area contributed by atoms with E-state index in [0.717, 1.165) is 43.9 Å². The molecule has 3 rings (SSSR count). The van der Waals surface area contributed by atoms with Crippen molar-refractivity contribution in [2.24, 2.45) is 23.5 Å². The molecule has 2 aliphatic rings. The average molecular weight is 419 g/mol. The Morgan fingerprint density at radius 1 is 1.17 bits per heavy atom. The zero-order valence-electron chi connectivity index (χ0n) is 19.3. The standard InChI is InChI=1S/C24H38N2O4/c1-14(2)9-17-13-26-8-7-16-10-21(28-5)22(29-6)11-18(16)19(26)12-20(17)30-24(27)23(25)15(3)4/h10-11,14-15,17,19-20,23H,7-9,12-13,25H2,1-6H3/t17-,19+,20+,23-/m0/s1. The van der Waals surface area contributed by atoms with Gasteiger partial charge in [0, 0.05) is 31.5 Å². The van der Waals surface area contributed by atoms with Gasteiger partial charge >= 0.3 is 5.97 Å². The van der Waals surface area contributed by atoms with Crippen molar-refractivity contribution in [2.75, 3.05) is 27.3 Å². The van der Waals surface area contributed by atoms with E-state index < -0.39 is 6.04 Å². The van der Waals surface area contributed by atoms with Crippen molar-refractivity contribution in [3.8, 4) is 11.5 Å². The van der Waals surface area contributed by atoms with Crippen LogP contribution in [0, 0.1) is 17.8 Å². The van der Waals surface area contributed by atoms with E-state index in [2.05, 4.69) is 30.9 Å². The minimum absolute atomic E-state index is 0.0632. The molecule has 0 saturated carbocycles. The molecule has 30 heavy (non-hydrogen) atoms. The van der Waals surface area contributed by atoms with Crippen LogP contribution in [0.2, 0.25) is 0 Å². The molecule has 1 saturated heterocycles. The molecule has 2 N–H and O–H groups in total. The van der Waals surface area contributed by atoms with Crippen LogP contribution in [0.3, 0.4) is 0 Å². The molecule has 2 heterocycles. The lowest BCUT2D eigenvalue weighted by atomic mass is 9.79. The number of nitrogens with two attached hydrogens (primary N) is 1. The molecule has 168 valence electrons. The highest BCUT2D eigenvalue weighted by atomic mass is 16.5. The predicted molar refractivity (Wildman–Crippen MR) is 118 cm³/mol. The highest BCUT2D eigenvalue weighted by Crippen LogP contribution is 2.44. The van der Waals surface area contributed by atoms with Crippen LogP contribution in [0.1, 0.15) is 57.7 Å². The molecule has 1 fully saturated rings. The highest BCUT2D eigenvalue weighted by Gasteiger charge is 2.41. The van der Waals surface area contributed by atoms with Crippen molar-refractivity contribution < 1.29 is 19.0 Å². The van der Waals surface area contributed by atoms with Gasteiger partial charge in [-0.25, -0.2) is 0 Å². The Labute approximate surface area is 181 Å². The number of ether oxygens (including phenoxy) is 3. The predicted octanol–water partition coefficient (Wildman–Crippen LogP) is 3.56. The maximum absolute atomic E-state index is 12.7. The van der Waals surface area contributed by atoms with Crippen molar-refractivity contribution in [2.45, 2.75) is 65.1 Å². The third-order valence-electron chi connectivity index (χ3n) is 6.60. The molecule has 0 unspecified atom stereocenters. The van der Waals surface area contributed by atoms with Gasteiger partial charge in [0.1, 0.15) is 12.1 Å². The quantitative estimate of drug-likeness (QED) is 0.683. The molecule has 6 nitrogen and oxygen atoms in total. The molecule has 0 aliphatic carbocycles. The Hall–Kier alpha value is -1.79. The Morgan fingerprint density at radius 3 is 2.43 bits per heavy atom. The number of hydrogen-bond donors (Lipinski definition) is 1. The van der Waals surface area contributed by atoms with Crippen LogP contribution in [0.4, 0.5) is 0 Å². The van der Waals surface area contributed by atoms with Gasteiger partial charge < -0.3 is 19.9 Å². The number of carbonyl (C=O) groups excluding carboxylic acids is 1. The molecule has 0 amide bonds. The van der Waals surface area contributed by atoms with E-state index in [4.69, 9.17) is 19.9 Å².